The summed E-state index contributed by atoms with van der Waals surface area (Å²) in [5.41, 5.74) is 1.75. The lowest BCUT2D eigenvalue weighted by molar-refractivity contribution is -0.120. The third-order valence-electron chi connectivity index (χ3n) is 5.34. The van der Waals surface area contributed by atoms with Crippen LogP contribution in [0.1, 0.15) is 34.1 Å². The van der Waals surface area contributed by atoms with Crippen LogP contribution < -0.4 is 15.5 Å². The van der Waals surface area contributed by atoms with Crippen molar-refractivity contribution in [2.45, 2.75) is 13.3 Å². The second kappa shape index (κ2) is 11.4. The molecule has 0 spiro atoms. The summed E-state index contributed by atoms with van der Waals surface area (Å²) < 4.78 is 5.83. The highest BCUT2D eigenvalue weighted by molar-refractivity contribution is 9.10. The highest BCUT2D eigenvalue weighted by Gasteiger charge is 2.39. The molecule has 4 rings (SSSR count). The van der Waals surface area contributed by atoms with Crippen LogP contribution in [-0.4, -0.2) is 30.3 Å². The Labute approximate surface area is 226 Å². The Morgan fingerprint density at radius 3 is 2.38 bits per heavy atom. The zero-order valence-corrected chi connectivity index (χ0v) is 21.9. The SMILES string of the molecule is CCCOC(=O)c1ccc(N2C(=O)C(Cl)=C(Nc3cccc(C(=O)Nc4ccccc4Br)c3)C2=O)cc1. The third-order valence-corrected chi connectivity index (χ3v) is 6.38. The van der Waals surface area contributed by atoms with E-state index in [-0.39, 0.29) is 22.3 Å². The second-order valence-electron chi connectivity index (χ2n) is 7.96. The van der Waals surface area contributed by atoms with E-state index >= 15 is 0 Å². The van der Waals surface area contributed by atoms with Crippen LogP contribution in [-0.2, 0) is 14.3 Å². The highest BCUT2D eigenvalue weighted by atomic mass is 79.9. The summed E-state index contributed by atoms with van der Waals surface area (Å²) >= 11 is 9.62. The maximum absolute atomic E-state index is 13.1. The molecule has 8 nitrogen and oxygen atoms in total. The summed E-state index contributed by atoms with van der Waals surface area (Å²) in [6, 6.07) is 19.5. The van der Waals surface area contributed by atoms with Gasteiger partial charge in [0.2, 0.25) is 0 Å². The van der Waals surface area contributed by atoms with Crippen LogP contribution in [0.25, 0.3) is 0 Å². The molecule has 3 amide bonds. The molecule has 0 aromatic heterocycles. The summed E-state index contributed by atoms with van der Waals surface area (Å²) in [7, 11) is 0. The summed E-state index contributed by atoms with van der Waals surface area (Å²) in [5.74, 6) is -2.23. The molecule has 0 atom stereocenters. The Morgan fingerprint density at radius 1 is 0.946 bits per heavy atom. The van der Waals surface area contributed by atoms with Crippen LogP contribution in [0, 0.1) is 0 Å². The number of halogens is 2. The van der Waals surface area contributed by atoms with Gasteiger partial charge in [0, 0.05) is 15.7 Å². The molecule has 3 aromatic carbocycles. The van der Waals surface area contributed by atoms with Crippen LogP contribution in [0.2, 0.25) is 0 Å². The molecule has 1 aliphatic rings. The molecule has 10 heteroatoms. The monoisotopic (exact) mass is 581 g/mol. The van der Waals surface area contributed by atoms with E-state index in [1.807, 2.05) is 19.1 Å². The number of carbonyl (C=O) groups excluding carboxylic acids is 4. The van der Waals surface area contributed by atoms with E-state index in [9.17, 15) is 19.2 Å². The molecule has 0 radical (unpaired) electrons. The Kier molecular flexibility index (Phi) is 8.05. The fourth-order valence-electron chi connectivity index (χ4n) is 3.51. The topological polar surface area (TPSA) is 105 Å². The van der Waals surface area contributed by atoms with Crippen LogP contribution >= 0.6 is 27.5 Å². The molecule has 0 bridgehead atoms. The van der Waals surface area contributed by atoms with Gasteiger partial charge in [-0.2, -0.15) is 0 Å². The first-order valence-corrected chi connectivity index (χ1v) is 12.5. The van der Waals surface area contributed by atoms with E-state index in [0.29, 0.717) is 35.5 Å². The van der Waals surface area contributed by atoms with Crippen molar-refractivity contribution in [3.8, 4) is 0 Å². The molecule has 3 aromatic rings. The number of esters is 1. The van der Waals surface area contributed by atoms with Crippen LogP contribution in [0.5, 0.6) is 0 Å². The normalized spacial score (nSPS) is 13.1. The van der Waals surface area contributed by atoms with Crippen molar-refractivity contribution in [2.24, 2.45) is 0 Å². The Balaban J connectivity index is 1.49. The zero-order valence-electron chi connectivity index (χ0n) is 19.6. The van der Waals surface area contributed by atoms with Gasteiger partial charge in [-0.05, 0) is 76.9 Å². The number of ether oxygens (including phenoxy) is 1. The molecular weight excluding hydrogens is 562 g/mol. The lowest BCUT2D eigenvalue weighted by Gasteiger charge is -2.15. The third kappa shape index (κ3) is 5.73. The molecule has 2 N–H and O–H groups in total. The van der Waals surface area contributed by atoms with Gasteiger partial charge in [0.05, 0.1) is 23.5 Å². The van der Waals surface area contributed by atoms with Gasteiger partial charge in [0.15, 0.2) is 0 Å². The first-order valence-electron chi connectivity index (χ1n) is 11.3. The number of hydrogen-bond acceptors (Lipinski definition) is 6. The standard InChI is InChI=1S/C27H21BrClN3O5/c1-2-14-37-27(36)16-10-12-19(13-11-16)32-25(34)22(29)23(26(32)35)30-18-7-5-6-17(15-18)24(33)31-21-9-4-3-8-20(21)28/h3-13,15,30H,2,14H2,1H3,(H,31,33). The maximum Gasteiger partial charge on any atom is 0.338 e. The van der Waals surface area contributed by atoms with Gasteiger partial charge in [-0.25, -0.2) is 9.69 Å². The van der Waals surface area contributed by atoms with E-state index in [1.54, 1.807) is 36.4 Å². The average Bonchev–Trinajstić information content (AvgIpc) is 3.11. The molecule has 0 fully saturated rings. The zero-order chi connectivity index (χ0) is 26.5. The maximum atomic E-state index is 13.1. The molecule has 188 valence electrons. The number of anilines is 3. The first kappa shape index (κ1) is 26.1. The number of para-hydroxylation sites is 1. The Bertz CT molecular complexity index is 1420. The molecular formula is C27H21BrClN3O5. The number of rotatable bonds is 8. The number of benzene rings is 3. The fourth-order valence-corrected chi connectivity index (χ4v) is 4.11. The van der Waals surface area contributed by atoms with E-state index in [4.69, 9.17) is 16.3 Å². The van der Waals surface area contributed by atoms with Crippen molar-refractivity contribution in [1.82, 2.24) is 0 Å². The molecule has 1 aliphatic heterocycles. The van der Waals surface area contributed by atoms with Gasteiger partial charge >= 0.3 is 5.97 Å². The number of carbonyl (C=O) groups is 4. The van der Waals surface area contributed by atoms with Crippen LogP contribution in [0.15, 0.2) is 88.0 Å². The molecule has 0 saturated heterocycles. The summed E-state index contributed by atoms with van der Waals surface area (Å²) in [5, 5.41) is 5.38. The molecule has 0 unspecified atom stereocenters. The largest absolute Gasteiger partial charge is 0.462 e. The van der Waals surface area contributed by atoms with Crippen LogP contribution in [0.3, 0.4) is 0 Å². The molecule has 0 aliphatic carbocycles. The first-order chi connectivity index (χ1) is 17.8. The van der Waals surface area contributed by atoms with Gasteiger partial charge in [-0.1, -0.05) is 36.7 Å². The van der Waals surface area contributed by atoms with E-state index in [1.165, 1.54) is 24.3 Å². The highest BCUT2D eigenvalue weighted by Crippen LogP contribution is 2.31. The predicted molar refractivity (Wildman–Crippen MR) is 145 cm³/mol. The lowest BCUT2D eigenvalue weighted by Crippen LogP contribution is -2.32. The minimum atomic E-state index is -0.710. The van der Waals surface area contributed by atoms with Crippen molar-refractivity contribution in [3.63, 3.8) is 0 Å². The quantitative estimate of drug-likeness (QED) is 0.261. The fraction of sp³-hybridized carbons (Fsp3) is 0.111. The van der Waals surface area contributed by atoms with Crippen molar-refractivity contribution >= 4 is 68.3 Å². The number of imide groups is 1. The van der Waals surface area contributed by atoms with Gasteiger partial charge in [0.1, 0.15) is 10.7 Å². The van der Waals surface area contributed by atoms with Crippen molar-refractivity contribution < 1.29 is 23.9 Å². The van der Waals surface area contributed by atoms with Gasteiger partial charge in [-0.15, -0.1) is 0 Å². The van der Waals surface area contributed by atoms with Crippen molar-refractivity contribution in [1.29, 1.82) is 0 Å². The number of nitrogens with one attached hydrogen (secondary N) is 2. The lowest BCUT2D eigenvalue weighted by atomic mass is 10.1. The van der Waals surface area contributed by atoms with E-state index in [2.05, 4.69) is 26.6 Å². The predicted octanol–water partition coefficient (Wildman–Crippen LogP) is 5.70. The summed E-state index contributed by atoms with van der Waals surface area (Å²) in [6.45, 7) is 2.18. The minimum Gasteiger partial charge on any atom is -0.462 e. The van der Waals surface area contributed by atoms with Crippen LogP contribution in [0.4, 0.5) is 17.1 Å². The summed E-state index contributed by atoms with van der Waals surface area (Å²) in [6.07, 6.45) is 0.693. The second-order valence-corrected chi connectivity index (χ2v) is 9.19. The minimum absolute atomic E-state index is 0.124. The molecule has 0 saturated carbocycles. The number of hydrogen-bond donors (Lipinski definition) is 2. The Morgan fingerprint density at radius 2 is 1.68 bits per heavy atom. The number of nitrogens with zero attached hydrogens (tertiary/aromatic N) is 1. The van der Waals surface area contributed by atoms with Gasteiger partial charge in [-0.3, -0.25) is 14.4 Å². The van der Waals surface area contributed by atoms with E-state index < -0.39 is 17.8 Å². The van der Waals surface area contributed by atoms with Crippen molar-refractivity contribution in [2.75, 3.05) is 22.1 Å². The number of amides is 3. The van der Waals surface area contributed by atoms with E-state index in [0.717, 1.165) is 9.37 Å². The smallest absolute Gasteiger partial charge is 0.338 e. The molecule has 37 heavy (non-hydrogen) atoms. The Hall–Kier alpha value is -3.95. The molecule has 1 heterocycles. The average molecular weight is 583 g/mol. The summed E-state index contributed by atoms with van der Waals surface area (Å²) in [4.78, 5) is 51.6. The van der Waals surface area contributed by atoms with Gasteiger partial charge < -0.3 is 15.4 Å². The van der Waals surface area contributed by atoms with Gasteiger partial charge in [0.25, 0.3) is 17.7 Å². The van der Waals surface area contributed by atoms with Crippen molar-refractivity contribution in [3.05, 3.63) is 99.1 Å².